The van der Waals surface area contributed by atoms with E-state index in [2.05, 4.69) is 17.2 Å². The maximum absolute atomic E-state index is 5.36. The van der Waals surface area contributed by atoms with E-state index in [9.17, 15) is 0 Å². The number of aromatic nitrogens is 1. The van der Waals surface area contributed by atoms with Gasteiger partial charge in [0.25, 0.3) is 0 Å². The molecule has 1 aromatic rings. The molecule has 1 atom stereocenters. The Morgan fingerprint density at radius 2 is 2.69 bits per heavy atom. The van der Waals surface area contributed by atoms with Crippen LogP contribution in [-0.4, -0.2) is 23.7 Å². The molecule has 1 saturated heterocycles. The quantitative estimate of drug-likeness (QED) is 0.797. The topological polar surface area (TPSA) is 34.2 Å². The number of hydrogen-bond acceptors (Lipinski definition) is 4. The predicted molar refractivity (Wildman–Crippen MR) is 52.8 cm³/mol. The molecule has 13 heavy (non-hydrogen) atoms. The van der Waals surface area contributed by atoms with Gasteiger partial charge < -0.3 is 10.1 Å². The fourth-order valence-electron chi connectivity index (χ4n) is 1.44. The Kier molecular flexibility index (Phi) is 2.62. The summed E-state index contributed by atoms with van der Waals surface area (Å²) in [7, 11) is 0. The molecule has 72 valence electrons. The van der Waals surface area contributed by atoms with Gasteiger partial charge in [0.05, 0.1) is 12.1 Å². The minimum Gasteiger partial charge on any atom is -0.379 e. The van der Waals surface area contributed by atoms with Crippen molar-refractivity contribution in [3.8, 4) is 0 Å². The number of nitrogens with zero attached hydrogens (tertiary/aromatic N) is 1. The van der Waals surface area contributed by atoms with Crippen molar-refractivity contribution in [2.24, 2.45) is 0 Å². The van der Waals surface area contributed by atoms with Crippen LogP contribution in [0.4, 0.5) is 0 Å². The van der Waals surface area contributed by atoms with Gasteiger partial charge in [-0.3, -0.25) is 4.98 Å². The molecule has 0 spiro atoms. The van der Waals surface area contributed by atoms with Crippen LogP contribution in [0.2, 0.25) is 0 Å². The van der Waals surface area contributed by atoms with Crippen LogP contribution in [0, 0.1) is 0 Å². The highest BCUT2D eigenvalue weighted by Crippen LogP contribution is 2.18. The van der Waals surface area contributed by atoms with Gasteiger partial charge in [-0.05, 0) is 13.3 Å². The zero-order valence-electron chi connectivity index (χ0n) is 7.75. The average Bonchev–Trinajstić information content (AvgIpc) is 2.72. The van der Waals surface area contributed by atoms with E-state index >= 15 is 0 Å². The standard InChI is InChI=1S/C9H14N2OS/c1-9(2-3-12-6-9)11-5-8-4-10-7-13-8/h4,7,11H,2-3,5-6H2,1H3. The van der Waals surface area contributed by atoms with Crippen molar-refractivity contribution in [3.05, 3.63) is 16.6 Å². The Hall–Kier alpha value is -0.450. The fourth-order valence-corrected chi connectivity index (χ4v) is 1.97. The first-order valence-electron chi connectivity index (χ1n) is 4.49. The van der Waals surface area contributed by atoms with Gasteiger partial charge in [-0.15, -0.1) is 11.3 Å². The van der Waals surface area contributed by atoms with E-state index in [0.29, 0.717) is 0 Å². The Bertz CT molecular complexity index is 255. The number of ether oxygens (including phenoxy) is 1. The van der Waals surface area contributed by atoms with Crippen LogP contribution in [-0.2, 0) is 11.3 Å². The summed E-state index contributed by atoms with van der Waals surface area (Å²) in [6, 6.07) is 0. The summed E-state index contributed by atoms with van der Waals surface area (Å²) >= 11 is 1.69. The highest BCUT2D eigenvalue weighted by Gasteiger charge is 2.28. The molecule has 2 heterocycles. The van der Waals surface area contributed by atoms with Crippen LogP contribution in [0.25, 0.3) is 0 Å². The minimum atomic E-state index is 0.171. The van der Waals surface area contributed by atoms with E-state index in [1.807, 2.05) is 11.7 Å². The van der Waals surface area contributed by atoms with E-state index in [0.717, 1.165) is 26.2 Å². The molecule has 0 aromatic carbocycles. The summed E-state index contributed by atoms with van der Waals surface area (Å²) in [5.74, 6) is 0. The van der Waals surface area contributed by atoms with Gasteiger partial charge in [-0.25, -0.2) is 0 Å². The molecule has 1 unspecified atom stereocenters. The number of nitrogens with one attached hydrogen (secondary N) is 1. The van der Waals surface area contributed by atoms with Crippen LogP contribution >= 0.6 is 11.3 Å². The highest BCUT2D eigenvalue weighted by atomic mass is 32.1. The van der Waals surface area contributed by atoms with E-state index in [4.69, 9.17) is 4.74 Å². The lowest BCUT2D eigenvalue weighted by Gasteiger charge is -2.22. The van der Waals surface area contributed by atoms with Crippen molar-refractivity contribution in [2.45, 2.75) is 25.4 Å². The summed E-state index contributed by atoms with van der Waals surface area (Å²) in [5.41, 5.74) is 2.04. The molecule has 1 aliphatic heterocycles. The molecule has 0 aliphatic carbocycles. The summed E-state index contributed by atoms with van der Waals surface area (Å²) in [4.78, 5) is 5.32. The van der Waals surface area contributed by atoms with Crippen molar-refractivity contribution < 1.29 is 4.74 Å². The number of thiazole rings is 1. The molecular weight excluding hydrogens is 184 g/mol. The van der Waals surface area contributed by atoms with Crippen molar-refractivity contribution >= 4 is 11.3 Å². The Balaban J connectivity index is 1.85. The maximum Gasteiger partial charge on any atom is 0.0794 e. The maximum atomic E-state index is 5.36. The monoisotopic (exact) mass is 198 g/mol. The zero-order chi connectivity index (χ0) is 9.15. The lowest BCUT2D eigenvalue weighted by molar-refractivity contribution is 0.171. The Morgan fingerprint density at radius 1 is 1.77 bits per heavy atom. The van der Waals surface area contributed by atoms with Crippen molar-refractivity contribution in [1.29, 1.82) is 0 Å². The zero-order valence-corrected chi connectivity index (χ0v) is 8.56. The second-order valence-corrected chi connectivity index (χ2v) is 4.66. The van der Waals surface area contributed by atoms with Crippen molar-refractivity contribution in [1.82, 2.24) is 10.3 Å². The second-order valence-electron chi connectivity index (χ2n) is 3.68. The van der Waals surface area contributed by atoms with E-state index in [1.165, 1.54) is 4.88 Å². The molecule has 0 saturated carbocycles. The van der Waals surface area contributed by atoms with Crippen LogP contribution < -0.4 is 5.32 Å². The number of rotatable bonds is 3. The van der Waals surface area contributed by atoms with Crippen molar-refractivity contribution in [2.75, 3.05) is 13.2 Å². The first-order chi connectivity index (χ1) is 6.29. The van der Waals surface area contributed by atoms with E-state index in [1.54, 1.807) is 11.3 Å². The van der Waals surface area contributed by atoms with E-state index in [-0.39, 0.29) is 5.54 Å². The summed E-state index contributed by atoms with van der Waals surface area (Å²) < 4.78 is 5.36. The summed E-state index contributed by atoms with van der Waals surface area (Å²) in [6.45, 7) is 4.82. The normalized spacial score (nSPS) is 28.1. The molecule has 1 aromatic heterocycles. The van der Waals surface area contributed by atoms with Gasteiger partial charge >= 0.3 is 0 Å². The van der Waals surface area contributed by atoms with Crippen LogP contribution in [0.3, 0.4) is 0 Å². The van der Waals surface area contributed by atoms with Crippen LogP contribution in [0.1, 0.15) is 18.2 Å². The highest BCUT2D eigenvalue weighted by molar-refractivity contribution is 7.09. The number of hydrogen-bond donors (Lipinski definition) is 1. The molecule has 0 radical (unpaired) electrons. The lowest BCUT2D eigenvalue weighted by atomic mass is 10.0. The molecule has 0 amide bonds. The third-order valence-electron chi connectivity index (χ3n) is 2.39. The van der Waals surface area contributed by atoms with Crippen LogP contribution in [0.15, 0.2) is 11.7 Å². The van der Waals surface area contributed by atoms with Gasteiger partial charge in [0.1, 0.15) is 0 Å². The fraction of sp³-hybridized carbons (Fsp3) is 0.667. The molecule has 0 bridgehead atoms. The summed E-state index contributed by atoms with van der Waals surface area (Å²) in [5, 5.41) is 3.51. The second kappa shape index (κ2) is 3.74. The minimum absolute atomic E-state index is 0.171. The smallest absolute Gasteiger partial charge is 0.0794 e. The van der Waals surface area contributed by atoms with Crippen LogP contribution in [0.5, 0.6) is 0 Å². The van der Waals surface area contributed by atoms with Gasteiger partial charge in [-0.2, -0.15) is 0 Å². The third-order valence-corrected chi connectivity index (χ3v) is 3.17. The van der Waals surface area contributed by atoms with Crippen molar-refractivity contribution in [3.63, 3.8) is 0 Å². The molecular formula is C9H14N2OS. The van der Waals surface area contributed by atoms with Gasteiger partial charge in [0.2, 0.25) is 0 Å². The first-order valence-corrected chi connectivity index (χ1v) is 5.37. The largest absolute Gasteiger partial charge is 0.379 e. The first kappa shape index (κ1) is 9.12. The van der Waals surface area contributed by atoms with Gasteiger partial charge in [0.15, 0.2) is 0 Å². The SMILES string of the molecule is CC1(NCc2cncs2)CCOC1. The lowest BCUT2D eigenvalue weighted by Crippen LogP contribution is -2.42. The predicted octanol–water partition coefficient (Wildman–Crippen LogP) is 1.41. The van der Waals surface area contributed by atoms with Gasteiger partial charge in [-0.1, -0.05) is 0 Å². The summed E-state index contributed by atoms with van der Waals surface area (Å²) in [6.07, 6.45) is 3.02. The molecule has 2 rings (SSSR count). The molecule has 1 aliphatic rings. The molecule has 1 fully saturated rings. The molecule has 3 nitrogen and oxygen atoms in total. The molecule has 1 N–H and O–H groups in total. The van der Waals surface area contributed by atoms with E-state index < -0.39 is 0 Å². The molecule has 4 heteroatoms. The third kappa shape index (κ3) is 2.27. The average molecular weight is 198 g/mol. The Morgan fingerprint density at radius 3 is 3.31 bits per heavy atom. The Labute approximate surface area is 82.1 Å². The van der Waals surface area contributed by atoms with Gasteiger partial charge in [0, 0.05) is 29.8 Å².